The van der Waals surface area contributed by atoms with Crippen LogP contribution < -0.4 is 11.1 Å². The average molecular weight is 533 g/mol. The third kappa shape index (κ3) is 6.92. The second-order valence-corrected chi connectivity index (χ2v) is 10.4. The lowest BCUT2D eigenvalue weighted by Gasteiger charge is -2.31. The molecule has 3 heterocycles. The lowest BCUT2D eigenvalue weighted by atomic mass is 9.81. The average Bonchev–Trinajstić information content (AvgIpc) is 3.32. The van der Waals surface area contributed by atoms with Crippen LogP contribution >= 0.6 is 0 Å². The van der Waals surface area contributed by atoms with E-state index in [4.69, 9.17) is 15.9 Å². The number of amides is 1. The van der Waals surface area contributed by atoms with Crippen molar-refractivity contribution in [2.24, 2.45) is 34.4 Å². The highest BCUT2D eigenvalue weighted by atomic mass is 19.4. The van der Waals surface area contributed by atoms with Gasteiger partial charge in [0.1, 0.15) is 0 Å². The number of nitrogens with one attached hydrogen (secondary N) is 3. The topological polar surface area (TPSA) is 129 Å². The van der Waals surface area contributed by atoms with E-state index in [1.54, 1.807) is 0 Å². The van der Waals surface area contributed by atoms with Crippen LogP contribution in [0.15, 0.2) is 11.2 Å². The molecule has 0 bridgehead atoms. The van der Waals surface area contributed by atoms with Gasteiger partial charge in [0.25, 0.3) is 0 Å². The molecule has 8 nitrogen and oxygen atoms in total. The van der Waals surface area contributed by atoms with Crippen molar-refractivity contribution < 1.29 is 31.5 Å². The highest BCUT2D eigenvalue weighted by Gasteiger charge is 2.45. The summed E-state index contributed by atoms with van der Waals surface area (Å²) in [4.78, 5) is 24.2. The normalized spacial score (nSPS) is 27.1. The first-order valence-corrected chi connectivity index (χ1v) is 12.7. The third-order valence-electron chi connectivity index (χ3n) is 7.73. The molecule has 1 aromatic rings. The SMILES string of the molecule is N=C(C[C@H]1C[C@@H](C(F)(F)F)CNC1=O)/C(=N\c1ncc([C@@H](N)C2CCC(F)(F)CC2)[nH]1)C1CCOCC1. The number of carbonyl (C=O) groups excluding carboxylic acids is 1. The monoisotopic (exact) mass is 532 g/mol. The number of aliphatic imine (C=N–C) groups is 1. The number of hydrogen-bond donors (Lipinski definition) is 4. The number of hydrogen-bond acceptors (Lipinski definition) is 6. The van der Waals surface area contributed by atoms with Gasteiger partial charge in [0.2, 0.25) is 17.8 Å². The zero-order valence-electron chi connectivity index (χ0n) is 20.4. The number of carbonyl (C=O) groups is 1. The summed E-state index contributed by atoms with van der Waals surface area (Å²) in [6.45, 7) is 0.455. The minimum atomic E-state index is -4.43. The first-order chi connectivity index (χ1) is 17.4. The van der Waals surface area contributed by atoms with Crippen LogP contribution in [-0.4, -0.2) is 59.2 Å². The van der Waals surface area contributed by atoms with Crippen LogP contribution in [0, 0.1) is 29.1 Å². The molecule has 2 aliphatic heterocycles. The van der Waals surface area contributed by atoms with Gasteiger partial charge in [-0.15, -0.1) is 0 Å². The largest absolute Gasteiger partial charge is 0.393 e. The van der Waals surface area contributed by atoms with Gasteiger partial charge in [-0.2, -0.15) is 13.2 Å². The molecule has 2 saturated heterocycles. The van der Waals surface area contributed by atoms with Gasteiger partial charge in [-0.05, 0) is 38.0 Å². The van der Waals surface area contributed by atoms with E-state index in [9.17, 15) is 26.7 Å². The van der Waals surface area contributed by atoms with Crippen molar-refractivity contribution in [1.82, 2.24) is 15.3 Å². The summed E-state index contributed by atoms with van der Waals surface area (Å²) in [6, 6.07) is -0.524. The standard InChI is InChI=1S/C24H33F5N6O2/c25-23(26)5-1-13(2-6-23)19(31)18-12-33-22(34-18)35-20(14-3-7-37-8-4-14)17(30)10-15-9-16(24(27,28)29)11-32-21(15)36/h12-16,19,30H,1-11,31H2,(H,32,36)(H,33,34)/b30-17?,35-20-/t15-,16-,19+/m1/s1. The number of aromatic nitrogens is 2. The molecule has 13 heteroatoms. The number of ether oxygens (including phenoxy) is 1. The zero-order valence-corrected chi connectivity index (χ0v) is 20.4. The van der Waals surface area contributed by atoms with E-state index in [1.165, 1.54) is 6.20 Å². The molecular formula is C24H33F5N6O2. The third-order valence-corrected chi connectivity index (χ3v) is 7.73. The minimum absolute atomic E-state index is 0.00775. The molecule has 0 radical (unpaired) electrons. The molecule has 3 fully saturated rings. The van der Waals surface area contributed by atoms with Crippen molar-refractivity contribution in [1.29, 1.82) is 5.41 Å². The van der Waals surface area contributed by atoms with Gasteiger partial charge in [0.15, 0.2) is 0 Å². The van der Waals surface area contributed by atoms with E-state index in [0.717, 1.165) is 0 Å². The van der Waals surface area contributed by atoms with Crippen molar-refractivity contribution in [3.05, 3.63) is 11.9 Å². The van der Waals surface area contributed by atoms with Crippen LogP contribution in [-0.2, 0) is 9.53 Å². The molecule has 3 atom stereocenters. The highest BCUT2D eigenvalue weighted by molar-refractivity contribution is 6.42. The van der Waals surface area contributed by atoms with E-state index in [0.29, 0.717) is 50.3 Å². The Hall–Kier alpha value is -2.41. The molecule has 206 valence electrons. The summed E-state index contributed by atoms with van der Waals surface area (Å²) in [5.74, 6) is -5.91. The second-order valence-electron chi connectivity index (χ2n) is 10.4. The first-order valence-electron chi connectivity index (χ1n) is 12.7. The molecule has 3 aliphatic rings. The predicted octanol–water partition coefficient (Wildman–Crippen LogP) is 4.46. The second kappa shape index (κ2) is 11.1. The molecule has 1 aliphatic carbocycles. The number of H-pyrrole nitrogens is 1. The van der Waals surface area contributed by atoms with Gasteiger partial charge in [0, 0.05) is 56.9 Å². The predicted molar refractivity (Wildman–Crippen MR) is 126 cm³/mol. The molecular weight excluding hydrogens is 499 g/mol. The molecule has 0 unspecified atom stereocenters. The summed E-state index contributed by atoms with van der Waals surface area (Å²) in [7, 11) is 0. The Bertz CT molecular complexity index is 994. The summed E-state index contributed by atoms with van der Waals surface area (Å²) < 4.78 is 72.2. The zero-order chi connectivity index (χ0) is 26.8. The van der Waals surface area contributed by atoms with E-state index in [-0.39, 0.29) is 49.2 Å². The van der Waals surface area contributed by atoms with Crippen LogP contribution in [0.3, 0.4) is 0 Å². The number of alkyl halides is 5. The molecule has 1 aromatic heterocycles. The Morgan fingerprint density at radius 3 is 2.57 bits per heavy atom. The molecule has 0 spiro atoms. The minimum Gasteiger partial charge on any atom is -0.381 e. The van der Waals surface area contributed by atoms with Gasteiger partial charge < -0.3 is 26.2 Å². The van der Waals surface area contributed by atoms with E-state index in [2.05, 4.69) is 20.3 Å². The number of rotatable bonds is 7. The Morgan fingerprint density at radius 2 is 1.92 bits per heavy atom. The van der Waals surface area contributed by atoms with Crippen molar-refractivity contribution in [3.63, 3.8) is 0 Å². The van der Waals surface area contributed by atoms with Gasteiger partial charge in [-0.1, -0.05) is 0 Å². The van der Waals surface area contributed by atoms with Crippen molar-refractivity contribution in [2.45, 2.75) is 69.5 Å². The number of halogens is 5. The van der Waals surface area contributed by atoms with Crippen LogP contribution in [0.4, 0.5) is 27.9 Å². The Kier molecular flexibility index (Phi) is 8.32. The number of nitrogens with two attached hydrogens (primary N) is 1. The van der Waals surface area contributed by atoms with Crippen LogP contribution in [0.5, 0.6) is 0 Å². The van der Waals surface area contributed by atoms with Gasteiger partial charge >= 0.3 is 6.18 Å². The maximum absolute atomic E-state index is 13.5. The fraction of sp³-hybridized carbons (Fsp3) is 0.750. The van der Waals surface area contributed by atoms with E-state index >= 15 is 0 Å². The lowest BCUT2D eigenvalue weighted by molar-refractivity contribution is -0.183. The first kappa shape index (κ1) is 27.6. The lowest BCUT2D eigenvalue weighted by Crippen LogP contribution is -2.47. The molecule has 37 heavy (non-hydrogen) atoms. The maximum Gasteiger partial charge on any atom is 0.393 e. The molecule has 4 rings (SSSR count). The van der Waals surface area contributed by atoms with Crippen LogP contribution in [0.25, 0.3) is 0 Å². The van der Waals surface area contributed by atoms with Crippen molar-refractivity contribution in [3.8, 4) is 0 Å². The summed E-state index contributed by atoms with van der Waals surface area (Å²) in [5.41, 5.74) is 7.23. The molecule has 1 amide bonds. The Balaban J connectivity index is 1.50. The summed E-state index contributed by atoms with van der Waals surface area (Å²) >= 11 is 0. The summed E-state index contributed by atoms with van der Waals surface area (Å²) in [5, 5.41) is 11.0. The number of piperidine rings is 1. The fourth-order valence-electron chi connectivity index (χ4n) is 5.39. The quantitative estimate of drug-likeness (QED) is 0.305. The van der Waals surface area contributed by atoms with E-state index in [1.807, 2.05) is 0 Å². The summed E-state index contributed by atoms with van der Waals surface area (Å²) in [6.07, 6.45) is -2.14. The fourth-order valence-corrected chi connectivity index (χ4v) is 5.39. The van der Waals surface area contributed by atoms with E-state index < -0.39 is 42.4 Å². The van der Waals surface area contributed by atoms with Crippen LogP contribution in [0.2, 0.25) is 0 Å². The number of nitrogens with zero attached hydrogens (tertiary/aromatic N) is 2. The Labute approximate surface area is 211 Å². The van der Waals surface area contributed by atoms with Gasteiger partial charge in [-0.25, -0.2) is 18.8 Å². The van der Waals surface area contributed by atoms with Gasteiger partial charge in [0.05, 0.1) is 29.2 Å². The molecule has 5 N–H and O–H groups in total. The smallest absolute Gasteiger partial charge is 0.381 e. The number of aromatic amines is 1. The Morgan fingerprint density at radius 1 is 1.24 bits per heavy atom. The van der Waals surface area contributed by atoms with Crippen molar-refractivity contribution in [2.75, 3.05) is 19.8 Å². The molecule has 0 aromatic carbocycles. The molecule has 1 saturated carbocycles. The number of imidazole rings is 1. The van der Waals surface area contributed by atoms with Crippen molar-refractivity contribution >= 4 is 23.3 Å². The van der Waals surface area contributed by atoms with Gasteiger partial charge in [-0.3, -0.25) is 4.79 Å². The highest BCUT2D eigenvalue weighted by Crippen LogP contribution is 2.40. The maximum atomic E-state index is 13.5. The van der Waals surface area contributed by atoms with Crippen LogP contribution in [0.1, 0.15) is 63.1 Å².